The molecule has 0 saturated carbocycles. The SMILES string of the molecule is CC(C)[Si]1(C(C)C)O[C@H](c2ccccc2)C[C@@H]1CC=O. The number of carbonyl (C=O) groups is 1. The molecule has 1 aromatic rings. The number of hydrogen-bond donors (Lipinski definition) is 0. The van der Waals surface area contributed by atoms with Gasteiger partial charge in [0, 0.05) is 6.42 Å². The van der Waals surface area contributed by atoms with Gasteiger partial charge in [0.05, 0.1) is 6.10 Å². The fraction of sp³-hybridized carbons (Fsp3) is 0.588. The molecule has 0 bridgehead atoms. The topological polar surface area (TPSA) is 26.3 Å². The number of benzene rings is 1. The Bertz CT molecular complexity index is 434. The number of hydrogen-bond acceptors (Lipinski definition) is 2. The Labute approximate surface area is 123 Å². The molecule has 0 N–H and O–H groups in total. The second kappa shape index (κ2) is 6.23. The maximum Gasteiger partial charge on any atom is 0.202 e. The smallest absolute Gasteiger partial charge is 0.202 e. The monoisotopic (exact) mass is 290 g/mol. The first kappa shape index (κ1) is 15.5. The van der Waals surface area contributed by atoms with Crippen molar-refractivity contribution < 1.29 is 9.22 Å². The zero-order chi connectivity index (χ0) is 14.8. The van der Waals surface area contributed by atoms with Crippen molar-refractivity contribution >= 4 is 14.6 Å². The Morgan fingerprint density at radius 1 is 1.20 bits per heavy atom. The number of aldehydes is 1. The van der Waals surface area contributed by atoms with Crippen LogP contribution < -0.4 is 0 Å². The van der Waals surface area contributed by atoms with E-state index in [1.807, 2.05) is 6.07 Å². The van der Waals surface area contributed by atoms with Crippen molar-refractivity contribution in [1.82, 2.24) is 0 Å². The van der Waals surface area contributed by atoms with Crippen LogP contribution in [0.5, 0.6) is 0 Å². The van der Waals surface area contributed by atoms with Gasteiger partial charge in [0.25, 0.3) is 0 Å². The third kappa shape index (κ3) is 2.61. The minimum Gasteiger partial charge on any atom is -0.409 e. The van der Waals surface area contributed by atoms with Gasteiger partial charge in [-0.2, -0.15) is 0 Å². The standard InChI is InChI=1S/C17H26O2Si/c1-13(2)20(14(3)4)16(10-11-18)12-17(19-20)15-8-6-5-7-9-15/h5-9,11,13-14,16-17H,10,12H2,1-4H3/t16-,17-/m0/s1. The van der Waals surface area contributed by atoms with Crippen LogP contribution in [-0.4, -0.2) is 14.6 Å². The average Bonchev–Trinajstić information content (AvgIpc) is 2.81. The largest absolute Gasteiger partial charge is 0.409 e. The minimum atomic E-state index is -1.91. The van der Waals surface area contributed by atoms with Crippen molar-refractivity contribution in [1.29, 1.82) is 0 Å². The van der Waals surface area contributed by atoms with E-state index in [0.717, 1.165) is 12.7 Å². The maximum atomic E-state index is 11.1. The Morgan fingerprint density at radius 2 is 1.80 bits per heavy atom. The highest BCUT2D eigenvalue weighted by Gasteiger charge is 2.55. The Kier molecular flexibility index (Phi) is 4.81. The molecule has 20 heavy (non-hydrogen) atoms. The maximum absolute atomic E-state index is 11.1. The summed E-state index contributed by atoms with van der Waals surface area (Å²) in [6, 6.07) is 10.5. The minimum absolute atomic E-state index is 0.178. The first-order chi connectivity index (χ1) is 9.52. The predicted octanol–water partition coefficient (Wildman–Crippen LogP) is 4.87. The molecule has 1 aliphatic heterocycles. The van der Waals surface area contributed by atoms with Crippen molar-refractivity contribution in [3.8, 4) is 0 Å². The van der Waals surface area contributed by atoms with E-state index in [0.29, 0.717) is 23.0 Å². The lowest BCUT2D eigenvalue weighted by Crippen LogP contribution is -2.45. The normalized spacial score (nSPS) is 25.3. The summed E-state index contributed by atoms with van der Waals surface area (Å²) in [6.07, 6.45) is 2.93. The van der Waals surface area contributed by atoms with Gasteiger partial charge in [-0.15, -0.1) is 0 Å². The predicted molar refractivity (Wildman–Crippen MR) is 85.3 cm³/mol. The van der Waals surface area contributed by atoms with Gasteiger partial charge in [0.15, 0.2) is 0 Å². The highest BCUT2D eigenvalue weighted by molar-refractivity contribution is 6.78. The quantitative estimate of drug-likeness (QED) is 0.571. The molecule has 0 spiro atoms. The Hall–Kier alpha value is -0.933. The van der Waals surface area contributed by atoms with Crippen LogP contribution in [0.3, 0.4) is 0 Å². The number of rotatable bonds is 5. The van der Waals surface area contributed by atoms with Crippen LogP contribution in [-0.2, 0) is 9.22 Å². The molecule has 0 aromatic heterocycles. The van der Waals surface area contributed by atoms with Crippen molar-refractivity contribution in [3.63, 3.8) is 0 Å². The van der Waals surface area contributed by atoms with Crippen LogP contribution >= 0.6 is 0 Å². The molecule has 1 aliphatic rings. The highest BCUT2D eigenvalue weighted by Crippen LogP contribution is 2.55. The molecule has 1 saturated heterocycles. The number of carbonyl (C=O) groups excluding carboxylic acids is 1. The zero-order valence-corrected chi connectivity index (χ0v) is 14.0. The Morgan fingerprint density at radius 3 is 2.30 bits per heavy atom. The van der Waals surface area contributed by atoms with Crippen LogP contribution in [0.4, 0.5) is 0 Å². The fourth-order valence-electron chi connectivity index (χ4n) is 3.98. The molecule has 0 radical (unpaired) electrons. The van der Waals surface area contributed by atoms with Crippen LogP contribution in [0.15, 0.2) is 30.3 Å². The van der Waals surface area contributed by atoms with E-state index in [2.05, 4.69) is 52.0 Å². The van der Waals surface area contributed by atoms with Crippen molar-refractivity contribution in [2.24, 2.45) is 0 Å². The van der Waals surface area contributed by atoms with E-state index in [1.165, 1.54) is 5.56 Å². The third-order valence-electron chi connectivity index (χ3n) is 4.84. The lowest BCUT2D eigenvalue weighted by molar-refractivity contribution is -0.107. The summed E-state index contributed by atoms with van der Waals surface area (Å²) in [4.78, 5) is 11.1. The third-order valence-corrected chi connectivity index (χ3v) is 10.9. The van der Waals surface area contributed by atoms with Gasteiger partial charge >= 0.3 is 0 Å². The van der Waals surface area contributed by atoms with Crippen molar-refractivity contribution in [2.45, 2.75) is 63.3 Å². The van der Waals surface area contributed by atoms with E-state index in [9.17, 15) is 4.79 Å². The van der Waals surface area contributed by atoms with Crippen LogP contribution in [0.1, 0.15) is 52.2 Å². The molecule has 2 nitrogen and oxygen atoms in total. The second-order valence-electron chi connectivity index (χ2n) is 6.52. The van der Waals surface area contributed by atoms with Gasteiger partial charge in [-0.3, -0.25) is 0 Å². The van der Waals surface area contributed by atoms with Crippen LogP contribution in [0.25, 0.3) is 0 Å². The summed E-state index contributed by atoms with van der Waals surface area (Å²) < 4.78 is 6.70. The second-order valence-corrected chi connectivity index (χ2v) is 11.6. The van der Waals surface area contributed by atoms with E-state index in [4.69, 9.17) is 4.43 Å². The molecular weight excluding hydrogens is 264 g/mol. The van der Waals surface area contributed by atoms with Gasteiger partial charge in [-0.05, 0) is 28.6 Å². The fourth-order valence-corrected chi connectivity index (χ4v) is 9.71. The van der Waals surface area contributed by atoms with Gasteiger partial charge in [-0.1, -0.05) is 58.0 Å². The van der Waals surface area contributed by atoms with Crippen LogP contribution in [0, 0.1) is 0 Å². The lowest BCUT2D eigenvalue weighted by atomic mass is 10.0. The molecule has 0 amide bonds. The summed E-state index contributed by atoms with van der Waals surface area (Å²) in [5, 5.41) is 0. The molecule has 1 fully saturated rings. The van der Waals surface area contributed by atoms with E-state index >= 15 is 0 Å². The summed E-state index contributed by atoms with van der Waals surface area (Å²) >= 11 is 0. The van der Waals surface area contributed by atoms with Gasteiger partial charge < -0.3 is 9.22 Å². The van der Waals surface area contributed by atoms with E-state index in [-0.39, 0.29) is 6.10 Å². The molecule has 3 heteroatoms. The van der Waals surface area contributed by atoms with E-state index in [1.54, 1.807) is 0 Å². The summed E-state index contributed by atoms with van der Waals surface area (Å²) in [5.74, 6) is 0. The first-order valence-electron chi connectivity index (χ1n) is 7.68. The Balaban J connectivity index is 2.33. The highest BCUT2D eigenvalue weighted by atomic mass is 28.4. The molecule has 2 rings (SSSR count). The molecular formula is C17H26O2Si. The summed E-state index contributed by atoms with van der Waals surface area (Å²) in [5.41, 5.74) is 2.80. The van der Waals surface area contributed by atoms with Gasteiger partial charge in [-0.25, -0.2) is 0 Å². The molecule has 2 atom stereocenters. The van der Waals surface area contributed by atoms with E-state index < -0.39 is 8.32 Å². The molecule has 1 aromatic carbocycles. The van der Waals surface area contributed by atoms with Crippen molar-refractivity contribution in [2.75, 3.05) is 0 Å². The van der Waals surface area contributed by atoms with Crippen LogP contribution in [0.2, 0.25) is 16.6 Å². The van der Waals surface area contributed by atoms with Gasteiger partial charge in [0.2, 0.25) is 8.32 Å². The average molecular weight is 290 g/mol. The summed E-state index contributed by atoms with van der Waals surface area (Å²) in [6.45, 7) is 9.10. The van der Waals surface area contributed by atoms with Gasteiger partial charge in [0.1, 0.15) is 6.29 Å². The summed E-state index contributed by atoms with van der Waals surface area (Å²) in [7, 11) is -1.91. The van der Waals surface area contributed by atoms with Crippen molar-refractivity contribution in [3.05, 3.63) is 35.9 Å². The first-order valence-corrected chi connectivity index (χ1v) is 9.82. The lowest BCUT2D eigenvalue weighted by Gasteiger charge is -2.39. The molecule has 0 aliphatic carbocycles. The molecule has 1 heterocycles. The zero-order valence-electron chi connectivity index (χ0n) is 13.0. The molecule has 110 valence electrons. The molecule has 0 unspecified atom stereocenters.